The van der Waals surface area contributed by atoms with Crippen LogP contribution >= 0.6 is 0 Å². The molecule has 106 valence electrons. The third-order valence-corrected chi connectivity index (χ3v) is 3.91. The van der Waals surface area contributed by atoms with Crippen molar-refractivity contribution in [1.29, 1.82) is 0 Å². The smallest absolute Gasteiger partial charge is 0.226 e. The Balaban J connectivity index is 1.73. The topological polar surface area (TPSA) is 67.4 Å². The van der Waals surface area contributed by atoms with Gasteiger partial charge < -0.3 is 15.4 Å². The van der Waals surface area contributed by atoms with E-state index < -0.39 is 0 Å². The molecule has 0 aliphatic carbocycles. The number of fused-ring (bicyclic) bond motifs is 1. The van der Waals surface area contributed by atoms with E-state index in [1.54, 1.807) is 0 Å². The van der Waals surface area contributed by atoms with Gasteiger partial charge >= 0.3 is 0 Å². The summed E-state index contributed by atoms with van der Waals surface area (Å²) in [5.41, 5.74) is 1.77. The molecule has 2 aliphatic rings. The van der Waals surface area contributed by atoms with Crippen molar-refractivity contribution in [3.05, 3.63) is 29.8 Å². The minimum atomic E-state index is -0.227. The molecule has 2 amide bonds. The van der Waals surface area contributed by atoms with Crippen LogP contribution in [0.1, 0.15) is 30.9 Å². The lowest BCUT2D eigenvalue weighted by molar-refractivity contribution is -0.129. The number of nitrogens with one attached hydrogen (secondary N) is 2. The van der Waals surface area contributed by atoms with E-state index in [4.69, 9.17) is 4.74 Å². The van der Waals surface area contributed by atoms with Gasteiger partial charge in [-0.1, -0.05) is 18.2 Å². The van der Waals surface area contributed by atoms with Gasteiger partial charge in [0.15, 0.2) is 0 Å². The highest BCUT2D eigenvalue weighted by atomic mass is 16.5. The van der Waals surface area contributed by atoms with E-state index in [1.807, 2.05) is 24.3 Å². The minimum absolute atomic E-state index is 0.000833. The second-order valence-corrected chi connectivity index (χ2v) is 5.29. The number of benzene rings is 1. The monoisotopic (exact) mass is 274 g/mol. The summed E-state index contributed by atoms with van der Waals surface area (Å²) in [4.78, 5) is 24.0. The molecule has 0 spiro atoms. The van der Waals surface area contributed by atoms with Gasteiger partial charge in [0, 0.05) is 24.8 Å². The Bertz CT molecular complexity index is 524. The molecule has 1 aromatic rings. The van der Waals surface area contributed by atoms with Gasteiger partial charge in [0.25, 0.3) is 0 Å². The number of carbonyl (C=O) groups is 2. The fourth-order valence-electron chi connectivity index (χ4n) is 2.79. The van der Waals surface area contributed by atoms with Gasteiger partial charge in [-0.25, -0.2) is 0 Å². The highest BCUT2D eigenvalue weighted by Crippen LogP contribution is 2.30. The number of rotatable bonds is 2. The lowest BCUT2D eigenvalue weighted by atomic mass is 9.94. The van der Waals surface area contributed by atoms with E-state index in [-0.39, 0.29) is 23.8 Å². The summed E-state index contributed by atoms with van der Waals surface area (Å²) >= 11 is 0. The van der Waals surface area contributed by atoms with Crippen molar-refractivity contribution < 1.29 is 14.3 Å². The second kappa shape index (κ2) is 5.63. The zero-order valence-corrected chi connectivity index (χ0v) is 11.2. The Morgan fingerprint density at radius 1 is 1.25 bits per heavy atom. The van der Waals surface area contributed by atoms with Crippen molar-refractivity contribution in [3.63, 3.8) is 0 Å². The van der Waals surface area contributed by atoms with Crippen molar-refractivity contribution in [2.24, 2.45) is 5.92 Å². The first kappa shape index (κ1) is 13.1. The Labute approximate surface area is 117 Å². The molecule has 5 nitrogen and oxygen atoms in total. The summed E-state index contributed by atoms with van der Waals surface area (Å²) in [6.07, 6.45) is 1.81. The molecule has 1 saturated heterocycles. The average Bonchev–Trinajstić information content (AvgIpc) is 2.48. The second-order valence-electron chi connectivity index (χ2n) is 5.29. The number of hydrogen-bond donors (Lipinski definition) is 2. The average molecular weight is 274 g/mol. The Morgan fingerprint density at radius 3 is 2.80 bits per heavy atom. The summed E-state index contributed by atoms with van der Waals surface area (Å²) in [7, 11) is 0. The molecule has 5 heteroatoms. The predicted molar refractivity (Wildman–Crippen MR) is 74.1 cm³/mol. The molecule has 1 fully saturated rings. The van der Waals surface area contributed by atoms with Crippen molar-refractivity contribution in [2.45, 2.75) is 25.3 Å². The fraction of sp³-hybridized carbons (Fsp3) is 0.467. The number of anilines is 1. The van der Waals surface area contributed by atoms with Crippen molar-refractivity contribution in [3.8, 4) is 0 Å². The van der Waals surface area contributed by atoms with Crippen LogP contribution in [0.4, 0.5) is 5.69 Å². The SMILES string of the molecule is O=C1CC(NC(=O)C2CCOCC2)c2ccccc2N1. The number of ether oxygens (including phenoxy) is 1. The maximum atomic E-state index is 12.3. The summed E-state index contributed by atoms with van der Waals surface area (Å²) in [6, 6.07) is 7.38. The highest BCUT2D eigenvalue weighted by Gasteiger charge is 2.29. The van der Waals surface area contributed by atoms with Crippen LogP contribution in [0, 0.1) is 5.92 Å². The van der Waals surface area contributed by atoms with Crippen molar-refractivity contribution in [1.82, 2.24) is 5.32 Å². The maximum absolute atomic E-state index is 12.3. The zero-order chi connectivity index (χ0) is 13.9. The van der Waals surface area contributed by atoms with Gasteiger partial charge in [-0.3, -0.25) is 9.59 Å². The molecule has 1 atom stereocenters. The Morgan fingerprint density at radius 2 is 2.00 bits per heavy atom. The minimum Gasteiger partial charge on any atom is -0.381 e. The number of amides is 2. The van der Waals surface area contributed by atoms with Crippen molar-refractivity contribution >= 4 is 17.5 Å². The lowest BCUT2D eigenvalue weighted by Crippen LogP contribution is -2.39. The third kappa shape index (κ3) is 2.67. The predicted octanol–water partition coefficient (Wildman–Crippen LogP) is 1.61. The summed E-state index contributed by atoms with van der Waals surface area (Å²) in [5, 5.41) is 5.85. The summed E-state index contributed by atoms with van der Waals surface area (Å²) in [5.74, 6) is -0.0234. The molecule has 2 heterocycles. The van der Waals surface area contributed by atoms with Gasteiger partial charge in [0.05, 0.1) is 12.5 Å². The molecule has 1 unspecified atom stereocenters. The zero-order valence-electron chi connectivity index (χ0n) is 11.2. The van der Waals surface area contributed by atoms with Gasteiger partial charge in [-0.2, -0.15) is 0 Å². The van der Waals surface area contributed by atoms with Crippen LogP contribution in [-0.4, -0.2) is 25.0 Å². The number of para-hydroxylation sites is 1. The molecular formula is C15H18N2O3. The van der Waals surface area contributed by atoms with E-state index in [0.29, 0.717) is 19.6 Å². The summed E-state index contributed by atoms with van der Waals surface area (Å²) in [6.45, 7) is 1.28. The molecule has 2 aliphatic heterocycles. The largest absolute Gasteiger partial charge is 0.381 e. The quantitative estimate of drug-likeness (QED) is 0.861. The first-order valence-corrected chi connectivity index (χ1v) is 7.01. The summed E-state index contributed by atoms with van der Waals surface area (Å²) < 4.78 is 5.27. The number of carbonyl (C=O) groups excluding carboxylic acids is 2. The van der Waals surface area contributed by atoms with Crippen LogP contribution in [0.2, 0.25) is 0 Å². The molecule has 1 aromatic carbocycles. The standard InChI is InChI=1S/C15H18N2O3/c18-14-9-13(11-3-1-2-4-12(11)16-14)17-15(19)10-5-7-20-8-6-10/h1-4,10,13H,5-9H2,(H,16,18)(H,17,19). The van der Waals surface area contributed by atoms with E-state index >= 15 is 0 Å². The van der Waals surface area contributed by atoms with Gasteiger partial charge in [-0.05, 0) is 24.5 Å². The normalized spacial score (nSPS) is 22.8. The highest BCUT2D eigenvalue weighted by molar-refractivity contribution is 5.95. The van der Waals surface area contributed by atoms with E-state index in [9.17, 15) is 9.59 Å². The molecule has 0 bridgehead atoms. The van der Waals surface area contributed by atoms with Gasteiger partial charge in [0.1, 0.15) is 0 Å². The first-order chi connectivity index (χ1) is 9.74. The van der Waals surface area contributed by atoms with Crippen LogP contribution in [-0.2, 0) is 14.3 Å². The molecule has 20 heavy (non-hydrogen) atoms. The third-order valence-electron chi connectivity index (χ3n) is 3.91. The maximum Gasteiger partial charge on any atom is 0.226 e. The van der Waals surface area contributed by atoms with E-state index in [2.05, 4.69) is 10.6 Å². The van der Waals surface area contributed by atoms with Crippen LogP contribution in [0.5, 0.6) is 0 Å². The number of hydrogen-bond acceptors (Lipinski definition) is 3. The fourth-order valence-corrected chi connectivity index (χ4v) is 2.79. The first-order valence-electron chi connectivity index (χ1n) is 7.01. The van der Waals surface area contributed by atoms with Crippen molar-refractivity contribution in [2.75, 3.05) is 18.5 Å². The van der Waals surface area contributed by atoms with Crippen LogP contribution < -0.4 is 10.6 Å². The van der Waals surface area contributed by atoms with Crippen LogP contribution in [0.15, 0.2) is 24.3 Å². The molecule has 0 saturated carbocycles. The molecule has 2 N–H and O–H groups in total. The molecular weight excluding hydrogens is 256 g/mol. The van der Waals surface area contributed by atoms with E-state index in [1.165, 1.54) is 0 Å². The molecule has 3 rings (SSSR count). The van der Waals surface area contributed by atoms with Gasteiger partial charge in [0.2, 0.25) is 11.8 Å². The van der Waals surface area contributed by atoms with E-state index in [0.717, 1.165) is 24.1 Å². The van der Waals surface area contributed by atoms with Gasteiger partial charge in [-0.15, -0.1) is 0 Å². The molecule has 0 radical (unpaired) electrons. The van der Waals surface area contributed by atoms with Crippen LogP contribution in [0.3, 0.4) is 0 Å². The Kier molecular flexibility index (Phi) is 3.69. The lowest BCUT2D eigenvalue weighted by Gasteiger charge is -2.29. The Hall–Kier alpha value is -1.88. The molecule has 0 aromatic heterocycles. The van der Waals surface area contributed by atoms with Crippen LogP contribution in [0.25, 0.3) is 0 Å².